The third-order valence-electron chi connectivity index (χ3n) is 4.57. The lowest BCUT2D eigenvalue weighted by molar-refractivity contribution is 0.210. The van der Waals surface area contributed by atoms with E-state index < -0.39 is 0 Å². The number of methoxy groups -OCH3 is 1. The van der Waals surface area contributed by atoms with Crippen molar-refractivity contribution in [2.75, 3.05) is 43.6 Å². The van der Waals surface area contributed by atoms with E-state index in [-0.39, 0.29) is 0 Å². The van der Waals surface area contributed by atoms with Crippen LogP contribution in [-0.4, -0.2) is 43.3 Å². The molecular formula is C19H26N4O. The molecular weight excluding hydrogens is 300 g/mol. The zero-order valence-corrected chi connectivity index (χ0v) is 14.3. The fourth-order valence-corrected chi connectivity index (χ4v) is 3.21. The molecule has 1 aromatic carbocycles. The minimum absolute atomic E-state index is 0.671. The smallest absolute Gasteiger partial charge is 0.134 e. The van der Waals surface area contributed by atoms with E-state index in [1.54, 1.807) is 13.4 Å². The van der Waals surface area contributed by atoms with Gasteiger partial charge in [0, 0.05) is 32.8 Å². The fraction of sp³-hybridized carbons (Fsp3) is 0.474. The maximum Gasteiger partial charge on any atom is 0.134 e. The fourth-order valence-electron chi connectivity index (χ4n) is 3.21. The van der Waals surface area contributed by atoms with E-state index in [0.29, 0.717) is 6.61 Å². The highest BCUT2D eigenvalue weighted by Gasteiger charge is 2.20. The van der Waals surface area contributed by atoms with Crippen LogP contribution < -0.4 is 10.2 Å². The quantitative estimate of drug-likeness (QED) is 0.793. The molecule has 5 heteroatoms. The van der Waals surface area contributed by atoms with Crippen LogP contribution in [-0.2, 0) is 11.2 Å². The molecule has 0 bridgehead atoms. The molecule has 1 aliphatic rings. The molecule has 3 rings (SSSR count). The molecule has 0 atom stereocenters. The first-order chi connectivity index (χ1) is 11.8. The molecule has 0 unspecified atom stereocenters. The van der Waals surface area contributed by atoms with Gasteiger partial charge in [-0.05, 0) is 30.7 Å². The minimum Gasteiger partial charge on any atom is -0.383 e. The minimum atomic E-state index is 0.671. The predicted molar refractivity (Wildman–Crippen MR) is 97.5 cm³/mol. The van der Waals surface area contributed by atoms with Crippen molar-refractivity contribution < 1.29 is 4.74 Å². The molecule has 128 valence electrons. The van der Waals surface area contributed by atoms with Crippen molar-refractivity contribution in [3.05, 3.63) is 48.3 Å². The summed E-state index contributed by atoms with van der Waals surface area (Å²) in [5.74, 6) is 2.65. The molecule has 0 radical (unpaired) electrons. The van der Waals surface area contributed by atoms with Crippen molar-refractivity contribution in [2.45, 2.75) is 19.3 Å². The molecule has 2 heterocycles. The van der Waals surface area contributed by atoms with Crippen LogP contribution in [0.3, 0.4) is 0 Å². The second-order valence-electron chi connectivity index (χ2n) is 6.30. The molecule has 24 heavy (non-hydrogen) atoms. The number of ether oxygens (including phenoxy) is 1. The van der Waals surface area contributed by atoms with Gasteiger partial charge in [0.2, 0.25) is 0 Å². The lowest BCUT2D eigenvalue weighted by Crippen LogP contribution is -2.35. The van der Waals surface area contributed by atoms with Gasteiger partial charge >= 0.3 is 0 Å². The Morgan fingerprint density at radius 1 is 1.17 bits per heavy atom. The second kappa shape index (κ2) is 8.64. The van der Waals surface area contributed by atoms with Crippen molar-refractivity contribution in [1.82, 2.24) is 9.97 Å². The Labute approximate surface area is 144 Å². The maximum atomic E-state index is 5.05. The van der Waals surface area contributed by atoms with Crippen LogP contribution in [0.1, 0.15) is 18.4 Å². The zero-order valence-electron chi connectivity index (χ0n) is 14.3. The second-order valence-corrected chi connectivity index (χ2v) is 6.30. The normalized spacial score (nSPS) is 15.5. The van der Waals surface area contributed by atoms with E-state index in [1.807, 2.05) is 6.07 Å². The number of benzene rings is 1. The highest BCUT2D eigenvalue weighted by atomic mass is 16.5. The first-order valence-electron chi connectivity index (χ1n) is 8.69. The lowest BCUT2D eigenvalue weighted by Gasteiger charge is -2.33. The lowest BCUT2D eigenvalue weighted by atomic mass is 9.90. The SMILES string of the molecule is COCCNc1cc(N2CCC(Cc3ccccc3)CC2)ncn1. The summed E-state index contributed by atoms with van der Waals surface area (Å²) in [7, 11) is 1.70. The number of piperidine rings is 1. The number of anilines is 2. The van der Waals surface area contributed by atoms with E-state index in [0.717, 1.165) is 37.2 Å². The van der Waals surface area contributed by atoms with Gasteiger partial charge in [-0.15, -0.1) is 0 Å². The monoisotopic (exact) mass is 326 g/mol. The Hall–Kier alpha value is -2.14. The highest BCUT2D eigenvalue weighted by molar-refractivity contribution is 5.48. The molecule has 0 amide bonds. The molecule has 5 nitrogen and oxygen atoms in total. The third-order valence-corrected chi connectivity index (χ3v) is 4.57. The van der Waals surface area contributed by atoms with Gasteiger partial charge in [-0.1, -0.05) is 30.3 Å². The number of nitrogens with one attached hydrogen (secondary N) is 1. The average Bonchev–Trinajstić information content (AvgIpc) is 2.64. The molecule has 0 saturated carbocycles. The van der Waals surface area contributed by atoms with Crippen LogP contribution in [0.15, 0.2) is 42.7 Å². The molecule has 1 aromatic heterocycles. The summed E-state index contributed by atoms with van der Waals surface area (Å²) in [5.41, 5.74) is 1.45. The zero-order chi connectivity index (χ0) is 16.6. The molecule has 1 saturated heterocycles. The first kappa shape index (κ1) is 16.7. The molecule has 1 N–H and O–H groups in total. The molecule has 0 spiro atoms. The predicted octanol–water partition coefficient (Wildman–Crippen LogP) is 2.99. The number of aromatic nitrogens is 2. The van der Waals surface area contributed by atoms with Gasteiger partial charge in [0.1, 0.15) is 18.0 Å². The van der Waals surface area contributed by atoms with E-state index in [1.165, 1.54) is 24.8 Å². The summed E-state index contributed by atoms with van der Waals surface area (Å²) in [6, 6.07) is 12.8. The van der Waals surface area contributed by atoms with Crippen LogP contribution >= 0.6 is 0 Å². The summed E-state index contributed by atoms with van der Waals surface area (Å²) in [6.07, 6.45) is 5.25. The molecule has 0 aliphatic carbocycles. The Morgan fingerprint density at radius 2 is 1.96 bits per heavy atom. The van der Waals surface area contributed by atoms with Crippen LogP contribution in [0.25, 0.3) is 0 Å². The summed E-state index contributed by atoms with van der Waals surface area (Å²) >= 11 is 0. The van der Waals surface area contributed by atoms with Gasteiger partial charge in [0.05, 0.1) is 6.61 Å². The first-order valence-corrected chi connectivity index (χ1v) is 8.69. The van der Waals surface area contributed by atoms with Crippen LogP contribution in [0.5, 0.6) is 0 Å². The number of hydrogen-bond donors (Lipinski definition) is 1. The van der Waals surface area contributed by atoms with Gasteiger partial charge in [0.15, 0.2) is 0 Å². The number of rotatable bonds is 7. The topological polar surface area (TPSA) is 50.3 Å². The average molecular weight is 326 g/mol. The Morgan fingerprint density at radius 3 is 2.71 bits per heavy atom. The van der Waals surface area contributed by atoms with Crippen molar-refractivity contribution in [3.8, 4) is 0 Å². The van der Waals surface area contributed by atoms with E-state index in [4.69, 9.17) is 4.74 Å². The van der Waals surface area contributed by atoms with Crippen molar-refractivity contribution >= 4 is 11.6 Å². The van der Waals surface area contributed by atoms with E-state index in [9.17, 15) is 0 Å². The van der Waals surface area contributed by atoms with Crippen LogP contribution in [0, 0.1) is 5.92 Å². The largest absolute Gasteiger partial charge is 0.383 e. The Kier molecular flexibility index (Phi) is 6.01. The summed E-state index contributed by atoms with van der Waals surface area (Å²) in [5, 5.41) is 3.26. The van der Waals surface area contributed by atoms with Gasteiger partial charge < -0.3 is 15.0 Å². The summed E-state index contributed by atoms with van der Waals surface area (Å²) < 4.78 is 5.05. The summed E-state index contributed by atoms with van der Waals surface area (Å²) in [6.45, 7) is 3.55. The van der Waals surface area contributed by atoms with Gasteiger partial charge in [-0.3, -0.25) is 0 Å². The van der Waals surface area contributed by atoms with Gasteiger partial charge in [0.25, 0.3) is 0 Å². The molecule has 1 aliphatic heterocycles. The van der Waals surface area contributed by atoms with Crippen LogP contribution in [0.2, 0.25) is 0 Å². The van der Waals surface area contributed by atoms with Gasteiger partial charge in [-0.2, -0.15) is 0 Å². The summed E-state index contributed by atoms with van der Waals surface area (Å²) in [4.78, 5) is 11.1. The van der Waals surface area contributed by atoms with E-state index in [2.05, 4.69) is 50.5 Å². The third kappa shape index (κ3) is 4.68. The van der Waals surface area contributed by atoms with Gasteiger partial charge in [-0.25, -0.2) is 9.97 Å². The van der Waals surface area contributed by atoms with E-state index >= 15 is 0 Å². The van der Waals surface area contributed by atoms with Crippen LogP contribution in [0.4, 0.5) is 11.6 Å². The highest BCUT2D eigenvalue weighted by Crippen LogP contribution is 2.25. The van der Waals surface area contributed by atoms with Crippen molar-refractivity contribution in [3.63, 3.8) is 0 Å². The van der Waals surface area contributed by atoms with Crippen molar-refractivity contribution in [2.24, 2.45) is 5.92 Å². The standard InChI is InChI=1S/C19H26N4O/c1-24-12-9-20-18-14-19(22-15-21-18)23-10-7-17(8-11-23)13-16-5-3-2-4-6-16/h2-6,14-15,17H,7-13H2,1H3,(H,20,21,22). The number of nitrogens with zero attached hydrogens (tertiary/aromatic N) is 3. The Bertz CT molecular complexity index is 612. The molecule has 2 aromatic rings. The Balaban J connectivity index is 1.52. The maximum absolute atomic E-state index is 5.05. The molecule has 1 fully saturated rings. The van der Waals surface area contributed by atoms with Crippen molar-refractivity contribution in [1.29, 1.82) is 0 Å². The number of hydrogen-bond acceptors (Lipinski definition) is 5.